The molecule has 0 aliphatic rings. The molecule has 0 aromatic carbocycles. The maximum atomic E-state index is 4.22. The molecular formula is C11H18N6. The summed E-state index contributed by atoms with van der Waals surface area (Å²) in [6.07, 6.45) is 7.41. The van der Waals surface area contributed by atoms with E-state index in [1.165, 1.54) is 5.56 Å². The van der Waals surface area contributed by atoms with Gasteiger partial charge in [-0.3, -0.25) is 9.78 Å². The van der Waals surface area contributed by atoms with Crippen molar-refractivity contribution < 1.29 is 0 Å². The summed E-state index contributed by atoms with van der Waals surface area (Å²) in [5.41, 5.74) is 1.19. The molecule has 0 radical (unpaired) electrons. The van der Waals surface area contributed by atoms with Crippen LogP contribution in [0.15, 0.2) is 18.7 Å². The van der Waals surface area contributed by atoms with Crippen LogP contribution < -0.4 is 5.32 Å². The molecule has 92 valence electrons. The van der Waals surface area contributed by atoms with Gasteiger partial charge < -0.3 is 5.32 Å². The van der Waals surface area contributed by atoms with Crippen molar-refractivity contribution in [2.75, 3.05) is 6.54 Å². The minimum Gasteiger partial charge on any atom is -0.307 e. The highest BCUT2D eigenvalue weighted by molar-refractivity contribution is 5.09. The number of aromatic amines is 1. The van der Waals surface area contributed by atoms with Gasteiger partial charge in [-0.25, -0.2) is 4.98 Å². The molecule has 0 amide bonds. The van der Waals surface area contributed by atoms with E-state index in [4.69, 9.17) is 0 Å². The van der Waals surface area contributed by atoms with Crippen LogP contribution in [0.2, 0.25) is 0 Å². The summed E-state index contributed by atoms with van der Waals surface area (Å²) >= 11 is 0. The third kappa shape index (κ3) is 3.13. The summed E-state index contributed by atoms with van der Waals surface area (Å²) in [5, 5.41) is 14.5. The normalized spacial score (nSPS) is 12.8. The molecule has 2 aromatic rings. The van der Waals surface area contributed by atoms with Crippen LogP contribution in [0.4, 0.5) is 0 Å². The molecule has 0 aliphatic carbocycles. The van der Waals surface area contributed by atoms with Gasteiger partial charge in [-0.15, -0.1) is 0 Å². The van der Waals surface area contributed by atoms with Gasteiger partial charge in [0.2, 0.25) is 0 Å². The van der Waals surface area contributed by atoms with Crippen LogP contribution in [-0.4, -0.2) is 31.5 Å². The third-order valence-corrected chi connectivity index (χ3v) is 2.60. The minimum atomic E-state index is 0.168. The fourth-order valence-electron chi connectivity index (χ4n) is 1.78. The Morgan fingerprint density at radius 2 is 2.41 bits per heavy atom. The van der Waals surface area contributed by atoms with E-state index in [-0.39, 0.29) is 6.04 Å². The Morgan fingerprint density at radius 3 is 3.00 bits per heavy atom. The van der Waals surface area contributed by atoms with Gasteiger partial charge in [0.15, 0.2) is 0 Å². The van der Waals surface area contributed by atoms with Gasteiger partial charge in [-0.1, -0.05) is 6.92 Å². The molecule has 0 bridgehead atoms. The van der Waals surface area contributed by atoms with E-state index in [9.17, 15) is 0 Å². The molecular weight excluding hydrogens is 216 g/mol. The Bertz CT molecular complexity index is 433. The average Bonchev–Trinajstić information content (AvgIpc) is 2.95. The quantitative estimate of drug-likeness (QED) is 0.776. The van der Waals surface area contributed by atoms with E-state index in [0.717, 1.165) is 25.2 Å². The van der Waals surface area contributed by atoms with Crippen LogP contribution in [0, 0.1) is 0 Å². The zero-order chi connectivity index (χ0) is 12.1. The number of hydrogen-bond acceptors (Lipinski definition) is 4. The molecule has 0 spiro atoms. The van der Waals surface area contributed by atoms with Gasteiger partial charge in [-0.2, -0.15) is 10.2 Å². The van der Waals surface area contributed by atoms with Crippen LogP contribution in [0.1, 0.15) is 30.8 Å². The first kappa shape index (κ1) is 11.8. The first-order chi connectivity index (χ1) is 8.29. The molecule has 0 saturated carbocycles. The molecule has 6 heteroatoms. The van der Waals surface area contributed by atoms with E-state index in [1.807, 2.05) is 24.1 Å². The van der Waals surface area contributed by atoms with Crippen molar-refractivity contribution in [3.63, 3.8) is 0 Å². The smallest absolute Gasteiger partial charge is 0.141 e. The summed E-state index contributed by atoms with van der Waals surface area (Å²) in [4.78, 5) is 4.22. The van der Waals surface area contributed by atoms with Crippen LogP contribution in [0.3, 0.4) is 0 Å². The fraction of sp³-hybridized carbons (Fsp3) is 0.545. The van der Waals surface area contributed by atoms with Crippen molar-refractivity contribution in [3.05, 3.63) is 30.1 Å². The summed E-state index contributed by atoms with van der Waals surface area (Å²) in [5.74, 6) is 0.877. The monoisotopic (exact) mass is 234 g/mol. The highest BCUT2D eigenvalue weighted by Gasteiger charge is 2.14. The lowest BCUT2D eigenvalue weighted by molar-refractivity contribution is 0.506. The van der Waals surface area contributed by atoms with Crippen molar-refractivity contribution in [2.24, 2.45) is 7.05 Å². The first-order valence-electron chi connectivity index (χ1n) is 5.85. The van der Waals surface area contributed by atoms with Crippen molar-refractivity contribution in [1.82, 2.24) is 30.3 Å². The number of aryl methyl sites for hydroxylation is 1. The largest absolute Gasteiger partial charge is 0.307 e. The highest BCUT2D eigenvalue weighted by Crippen LogP contribution is 2.13. The Labute approximate surface area is 100 Å². The zero-order valence-corrected chi connectivity index (χ0v) is 10.2. The molecule has 6 nitrogen and oxygen atoms in total. The lowest BCUT2D eigenvalue weighted by atomic mass is 10.1. The van der Waals surface area contributed by atoms with Gasteiger partial charge in [0.05, 0.1) is 12.2 Å². The van der Waals surface area contributed by atoms with Gasteiger partial charge in [0, 0.05) is 13.2 Å². The van der Waals surface area contributed by atoms with Gasteiger partial charge in [0.1, 0.15) is 12.2 Å². The van der Waals surface area contributed by atoms with E-state index < -0.39 is 0 Å². The summed E-state index contributed by atoms with van der Waals surface area (Å²) in [7, 11) is 1.92. The topological polar surface area (TPSA) is 71.4 Å². The lowest BCUT2D eigenvalue weighted by Gasteiger charge is -2.14. The Morgan fingerprint density at radius 1 is 1.53 bits per heavy atom. The van der Waals surface area contributed by atoms with E-state index in [2.05, 4.69) is 32.5 Å². The Hall–Kier alpha value is -1.69. The van der Waals surface area contributed by atoms with Crippen molar-refractivity contribution in [2.45, 2.75) is 25.8 Å². The second-order valence-corrected chi connectivity index (χ2v) is 4.10. The molecule has 2 rings (SSSR count). The van der Waals surface area contributed by atoms with Crippen LogP contribution >= 0.6 is 0 Å². The minimum absolute atomic E-state index is 0.168. The maximum Gasteiger partial charge on any atom is 0.141 e. The summed E-state index contributed by atoms with van der Waals surface area (Å²) < 4.78 is 1.81. The standard InChI is InChI=1S/C11H18N6/c1-3-4-12-10(11-13-8-14-16-11)5-9-6-15-17(2)7-9/h6-8,10,12H,3-5H2,1-2H3,(H,13,14,16). The van der Waals surface area contributed by atoms with Crippen LogP contribution in [0.25, 0.3) is 0 Å². The summed E-state index contributed by atoms with van der Waals surface area (Å²) in [6.45, 7) is 3.11. The number of H-pyrrole nitrogens is 1. The van der Waals surface area contributed by atoms with Crippen molar-refractivity contribution in [3.8, 4) is 0 Å². The fourth-order valence-corrected chi connectivity index (χ4v) is 1.78. The predicted molar refractivity (Wildman–Crippen MR) is 64.3 cm³/mol. The van der Waals surface area contributed by atoms with Crippen molar-refractivity contribution >= 4 is 0 Å². The summed E-state index contributed by atoms with van der Waals surface area (Å²) in [6, 6.07) is 0.168. The van der Waals surface area contributed by atoms with E-state index in [1.54, 1.807) is 6.33 Å². The predicted octanol–water partition coefficient (Wildman–Crippen LogP) is 0.822. The highest BCUT2D eigenvalue weighted by atomic mass is 15.2. The average molecular weight is 234 g/mol. The number of aromatic nitrogens is 5. The second kappa shape index (κ2) is 5.58. The number of hydrogen-bond donors (Lipinski definition) is 2. The molecule has 0 saturated heterocycles. The molecule has 0 aliphatic heterocycles. The van der Waals surface area contributed by atoms with Gasteiger partial charge in [0.25, 0.3) is 0 Å². The maximum absolute atomic E-state index is 4.22. The van der Waals surface area contributed by atoms with Crippen LogP contribution in [0.5, 0.6) is 0 Å². The SMILES string of the molecule is CCCNC(Cc1cnn(C)c1)c1ncn[nH]1. The number of nitrogens with one attached hydrogen (secondary N) is 2. The van der Waals surface area contributed by atoms with Crippen LogP contribution in [-0.2, 0) is 13.5 Å². The molecule has 2 heterocycles. The third-order valence-electron chi connectivity index (χ3n) is 2.60. The Kier molecular flexibility index (Phi) is 3.87. The van der Waals surface area contributed by atoms with Gasteiger partial charge in [-0.05, 0) is 24.9 Å². The molecule has 1 unspecified atom stereocenters. The lowest BCUT2D eigenvalue weighted by Crippen LogP contribution is -2.25. The molecule has 1 atom stereocenters. The van der Waals surface area contributed by atoms with Gasteiger partial charge >= 0.3 is 0 Å². The molecule has 0 fully saturated rings. The molecule has 17 heavy (non-hydrogen) atoms. The van der Waals surface area contributed by atoms with E-state index >= 15 is 0 Å². The first-order valence-corrected chi connectivity index (χ1v) is 5.85. The molecule has 2 aromatic heterocycles. The number of rotatable bonds is 6. The Balaban J connectivity index is 2.05. The van der Waals surface area contributed by atoms with E-state index in [0.29, 0.717) is 0 Å². The molecule has 2 N–H and O–H groups in total. The number of nitrogens with zero attached hydrogens (tertiary/aromatic N) is 4. The zero-order valence-electron chi connectivity index (χ0n) is 10.2. The van der Waals surface area contributed by atoms with Crippen molar-refractivity contribution in [1.29, 1.82) is 0 Å². The second-order valence-electron chi connectivity index (χ2n) is 4.10.